The summed E-state index contributed by atoms with van der Waals surface area (Å²) in [6, 6.07) is 22.3. The van der Waals surface area contributed by atoms with Crippen molar-refractivity contribution >= 4 is 23.8 Å². The Kier molecular flexibility index (Phi) is 10.7. The van der Waals surface area contributed by atoms with Crippen molar-refractivity contribution in [1.82, 2.24) is 20.9 Å². The second-order valence-corrected chi connectivity index (χ2v) is 11.2. The van der Waals surface area contributed by atoms with Gasteiger partial charge in [-0.05, 0) is 61.3 Å². The Bertz CT molecular complexity index is 1390. The first kappa shape index (κ1) is 31.5. The molecule has 3 amide bonds. The zero-order valence-corrected chi connectivity index (χ0v) is 24.9. The molecule has 2 bridgehead atoms. The summed E-state index contributed by atoms with van der Waals surface area (Å²) < 4.78 is 6.35. The van der Waals surface area contributed by atoms with Gasteiger partial charge in [0, 0.05) is 6.20 Å². The van der Waals surface area contributed by atoms with Crippen LogP contribution in [0.3, 0.4) is 0 Å². The molecule has 0 aliphatic carbocycles. The largest absolute Gasteiger partial charge is 0.487 e. The number of benzene rings is 3. The number of rotatable bonds is 8. The lowest BCUT2D eigenvalue weighted by molar-refractivity contribution is -0.137. The van der Waals surface area contributed by atoms with Gasteiger partial charge in [-0.3, -0.25) is 19.3 Å². The van der Waals surface area contributed by atoms with E-state index in [1.165, 1.54) is 6.20 Å². The first-order valence-corrected chi connectivity index (χ1v) is 14.4. The molecule has 0 aromatic heterocycles. The van der Waals surface area contributed by atoms with Crippen molar-refractivity contribution in [2.45, 2.75) is 50.6 Å². The molecule has 4 N–H and O–H groups in total. The van der Waals surface area contributed by atoms with Gasteiger partial charge in [0.2, 0.25) is 17.7 Å². The highest BCUT2D eigenvalue weighted by molar-refractivity contribution is 5.94. The fourth-order valence-electron chi connectivity index (χ4n) is 4.98. The number of carbonyl (C=O) groups is 3. The van der Waals surface area contributed by atoms with Gasteiger partial charge in [0.25, 0.3) is 0 Å². The van der Waals surface area contributed by atoms with Crippen LogP contribution in [0.25, 0.3) is 6.08 Å². The third kappa shape index (κ3) is 8.30. The number of nitrogens with one attached hydrogen (secondary N) is 3. The summed E-state index contributed by atoms with van der Waals surface area (Å²) in [6.07, 6.45) is 1.44. The summed E-state index contributed by atoms with van der Waals surface area (Å²) in [6.45, 7) is 3.79. The van der Waals surface area contributed by atoms with Crippen molar-refractivity contribution in [2.75, 3.05) is 14.1 Å². The van der Waals surface area contributed by atoms with Crippen molar-refractivity contribution in [3.8, 4) is 5.75 Å². The minimum Gasteiger partial charge on any atom is -0.487 e. The molecule has 0 radical (unpaired) electrons. The number of fused-ring (bicyclic) bond motifs is 10. The highest BCUT2D eigenvalue weighted by Gasteiger charge is 2.39. The molecular weight excluding hydrogens is 544 g/mol. The Morgan fingerprint density at radius 3 is 2.16 bits per heavy atom. The molecule has 0 unspecified atom stereocenters. The molecule has 3 aromatic carbocycles. The van der Waals surface area contributed by atoms with Crippen LogP contribution in [-0.4, -0.2) is 66.1 Å². The predicted octanol–water partition coefficient (Wildman–Crippen LogP) is 3.07. The molecule has 0 spiro atoms. The lowest BCUT2D eigenvalue weighted by Gasteiger charge is -2.34. The van der Waals surface area contributed by atoms with Crippen molar-refractivity contribution in [1.29, 1.82) is 0 Å². The third-order valence-corrected chi connectivity index (χ3v) is 7.45. The number of carbonyl (C=O) groups excluding carboxylic acids is 3. The Morgan fingerprint density at radius 2 is 1.56 bits per heavy atom. The van der Waals surface area contributed by atoms with Crippen LogP contribution >= 0.6 is 0 Å². The van der Waals surface area contributed by atoms with E-state index >= 15 is 0 Å². The highest BCUT2D eigenvalue weighted by atomic mass is 16.5. The van der Waals surface area contributed by atoms with Crippen molar-refractivity contribution in [3.63, 3.8) is 0 Å². The van der Waals surface area contributed by atoms with Gasteiger partial charge < -0.3 is 25.8 Å². The van der Waals surface area contributed by atoms with Crippen molar-refractivity contribution in [3.05, 3.63) is 108 Å². The van der Waals surface area contributed by atoms with E-state index in [2.05, 4.69) is 16.0 Å². The summed E-state index contributed by atoms with van der Waals surface area (Å²) in [5.74, 6) is -1.33. The molecular formula is C34H40N4O5. The topological polar surface area (TPSA) is 120 Å². The maximum absolute atomic E-state index is 14.1. The molecule has 0 fully saturated rings. The zero-order chi connectivity index (χ0) is 30.9. The quantitative estimate of drug-likeness (QED) is 0.323. The normalized spacial score (nSPS) is 21.2. The van der Waals surface area contributed by atoms with E-state index in [9.17, 15) is 19.5 Å². The van der Waals surface area contributed by atoms with Gasteiger partial charge in [0.1, 0.15) is 30.0 Å². The molecule has 5 atom stereocenters. The van der Waals surface area contributed by atoms with Crippen molar-refractivity contribution < 1.29 is 24.2 Å². The lowest BCUT2D eigenvalue weighted by Crippen LogP contribution is -2.62. The summed E-state index contributed by atoms with van der Waals surface area (Å²) in [5.41, 5.74) is 2.24. The number of aliphatic hydroxyl groups is 1. The van der Waals surface area contributed by atoms with Gasteiger partial charge >= 0.3 is 0 Å². The Morgan fingerprint density at radius 1 is 0.930 bits per heavy atom. The third-order valence-electron chi connectivity index (χ3n) is 7.45. The first-order chi connectivity index (χ1) is 20.6. The van der Waals surface area contributed by atoms with Crippen LogP contribution in [0.1, 0.15) is 36.6 Å². The molecule has 5 rings (SSSR count). The van der Waals surface area contributed by atoms with E-state index in [0.717, 1.165) is 11.1 Å². The van der Waals surface area contributed by atoms with E-state index in [-0.39, 0.29) is 11.8 Å². The number of amides is 3. The lowest BCUT2D eigenvalue weighted by atomic mass is 9.95. The molecule has 3 aromatic rings. The smallest absolute Gasteiger partial charge is 0.249 e. The fraction of sp³-hybridized carbons (Fsp3) is 0.324. The van der Waals surface area contributed by atoms with Crippen LogP contribution in [0.4, 0.5) is 0 Å². The number of ether oxygens (including phenoxy) is 1. The standard InChI is InChI=1S/C34H40N4O5/c1-22(2)31-29(37-32(40)27(38(3)4)21-24-11-7-5-8-12-24)34(42)36-28(30(39)25-13-9-6-10-14-25)33(41)35-20-19-23-15-17-26(43-31)18-16-23/h5-20,22,27-31,39H,21H2,1-4H3,(H,35,41)(H,36,42)(H,37,40)/b20-19-/t27-,28+,29+,30+,31+/m0/s1. The molecule has 2 aliphatic heterocycles. The van der Waals surface area contributed by atoms with Gasteiger partial charge in [-0.25, -0.2) is 0 Å². The molecule has 0 saturated heterocycles. The van der Waals surface area contributed by atoms with Crippen LogP contribution in [0, 0.1) is 5.92 Å². The SMILES string of the molecule is CC(C)[C@H]1Oc2ccc(cc2)/C=C\NC(=O)[C@@H]([C@H](O)c2ccccc2)NC(=O)[C@@H]1NC(=O)[C@H](Cc1ccccc1)N(C)C. The maximum atomic E-state index is 14.1. The average Bonchev–Trinajstić information content (AvgIpc) is 3.00. The fourth-order valence-corrected chi connectivity index (χ4v) is 4.98. The number of nitrogens with zero attached hydrogens (tertiary/aromatic N) is 1. The number of hydrogen-bond donors (Lipinski definition) is 4. The molecule has 0 saturated carbocycles. The number of likely N-dealkylation sites (N-methyl/N-ethyl adjacent to an activating group) is 1. The highest BCUT2D eigenvalue weighted by Crippen LogP contribution is 2.22. The second-order valence-electron chi connectivity index (χ2n) is 11.2. The van der Waals surface area contributed by atoms with Gasteiger partial charge in [-0.15, -0.1) is 0 Å². The minimum atomic E-state index is -1.36. The van der Waals surface area contributed by atoms with Gasteiger partial charge in [-0.1, -0.05) is 86.6 Å². The minimum absolute atomic E-state index is 0.221. The van der Waals surface area contributed by atoms with Crippen molar-refractivity contribution in [2.24, 2.45) is 5.92 Å². The van der Waals surface area contributed by atoms with E-state index in [1.807, 2.05) is 70.4 Å². The molecule has 2 heterocycles. The summed E-state index contributed by atoms with van der Waals surface area (Å²) in [5, 5.41) is 19.6. The van der Waals surface area contributed by atoms with Gasteiger partial charge in [-0.2, -0.15) is 0 Å². The first-order valence-electron chi connectivity index (χ1n) is 14.4. The molecule has 43 heavy (non-hydrogen) atoms. The van der Waals surface area contributed by atoms with E-state index in [0.29, 0.717) is 17.7 Å². The van der Waals surface area contributed by atoms with Gasteiger partial charge in [0.15, 0.2) is 0 Å². The Labute approximate surface area is 252 Å². The predicted molar refractivity (Wildman–Crippen MR) is 166 cm³/mol. The number of aliphatic hydroxyl groups excluding tert-OH is 1. The Balaban J connectivity index is 1.72. The maximum Gasteiger partial charge on any atom is 0.249 e. The van der Waals surface area contributed by atoms with Crippen LogP contribution in [-0.2, 0) is 20.8 Å². The van der Waals surface area contributed by atoms with E-state index in [4.69, 9.17) is 4.74 Å². The average molecular weight is 585 g/mol. The number of hydrogen-bond acceptors (Lipinski definition) is 6. The monoisotopic (exact) mass is 584 g/mol. The van der Waals surface area contributed by atoms with Crippen LogP contribution < -0.4 is 20.7 Å². The molecule has 9 nitrogen and oxygen atoms in total. The Hall–Kier alpha value is -4.47. The second kappa shape index (κ2) is 14.6. The van der Waals surface area contributed by atoms with Crippen LogP contribution in [0.5, 0.6) is 5.75 Å². The molecule has 9 heteroatoms. The van der Waals surface area contributed by atoms with Crippen LogP contribution in [0.2, 0.25) is 0 Å². The zero-order valence-electron chi connectivity index (χ0n) is 24.9. The van der Waals surface area contributed by atoms with Gasteiger partial charge in [0.05, 0.1) is 6.04 Å². The molecule has 2 aliphatic rings. The van der Waals surface area contributed by atoms with E-state index in [1.54, 1.807) is 53.4 Å². The summed E-state index contributed by atoms with van der Waals surface area (Å²) in [7, 11) is 3.62. The van der Waals surface area contributed by atoms with E-state index < -0.39 is 42.1 Å². The molecule has 226 valence electrons. The summed E-state index contributed by atoms with van der Waals surface area (Å²) >= 11 is 0. The van der Waals surface area contributed by atoms with Crippen LogP contribution in [0.15, 0.2) is 91.1 Å². The summed E-state index contributed by atoms with van der Waals surface area (Å²) in [4.78, 5) is 43.1.